The number of fused-ring (bicyclic) bond motifs is 1. The summed E-state index contributed by atoms with van der Waals surface area (Å²) in [5.41, 5.74) is 7.48. The first-order valence-electron chi connectivity index (χ1n) is 9.24. The minimum Gasteiger partial charge on any atom is -0.478 e. The number of nitrogen functional groups attached to an aromatic ring is 1. The minimum atomic E-state index is -0.922. The number of pyridine rings is 1. The van der Waals surface area contributed by atoms with Crippen molar-refractivity contribution in [2.45, 2.75) is 31.8 Å². The first kappa shape index (κ1) is 20.2. The van der Waals surface area contributed by atoms with Crippen LogP contribution in [-0.2, 0) is 0 Å². The van der Waals surface area contributed by atoms with Crippen LogP contribution >= 0.6 is 23.2 Å². The molecular formula is C20H19Cl2F2N3O2. The average molecular weight is 442 g/mol. The van der Waals surface area contributed by atoms with E-state index in [4.69, 9.17) is 38.1 Å². The smallest absolute Gasteiger partial charge is 0.205 e. The molecule has 0 amide bonds. The Hall–Kier alpha value is -2.09. The Morgan fingerprint density at radius 3 is 2.55 bits per heavy atom. The van der Waals surface area contributed by atoms with Gasteiger partial charge in [0.25, 0.3) is 0 Å². The normalized spacial score (nSPS) is 16.3. The standard InChI is InChI=1S/C20H19Cl2F2N3O2/c1-9(15-16(21)13(23)6-14(24)17(15)22)29-19-18-11(7-27-20(19)25)12(8-28-18)10-2-4-26-5-3-10/h6-10,26H,2-5H2,1H3,(H2,25,27)/t9-/m1/s1. The predicted molar refractivity (Wildman–Crippen MR) is 109 cm³/mol. The second-order valence-electron chi connectivity index (χ2n) is 7.07. The van der Waals surface area contributed by atoms with E-state index in [-0.39, 0.29) is 27.2 Å². The van der Waals surface area contributed by atoms with Crippen LogP contribution in [0.4, 0.5) is 14.6 Å². The molecule has 5 nitrogen and oxygen atoms in total. The summed E-state index contributed by atoms with van der Waals surface area (Å²) < 4.78 is 39.5. The molecular weight excluding hydrogens is 423 g/mol. The molecule has 154 valence electrons. The molecule has 1 fully saturated rings. The lowest BCUT2D eigenvalue weighted by atomic mass is 9.90. The Labute approximate surface area is 176 Å². The van der Waals surface area contributed by atoms with Crippen LogP contribution in [0.15, 0.2) is 22.9 Å². The lowest BCUT2D eigenvalue weighted by molar-refractivity contribution is 0.227. The number of nitrogens with two attached hydrogens (primary N) is 1. The topological polar surface area (TPSA) is 73.3 Å². The fourth-order valence-electron chi connectivity index (χ4n) is 3.75. The van der Waals surface area contributed by atoms with Gasteiger partial charge in [0, 0.05) is 28.8 Å². The van der Waals surface area contributed by atoms with E-state index in [0.717, 1.165) is 36.9 Å². The van der Waals surface area contributed by atoms with Gasteiger partial charge in [-0.25, -0.2) is 13.8 Å². The number of benzene rings is 1. The second-order valence-corrected chi connectivity index (χ2v) is 7.83. The van der Waals surface area contributed by atoms with Crippen molar-refractivity contribution in [3.05, 3.63) is 51.3 Å². The van der Waals surface area contributed by atoms with Gasteiger partial charge < -0.3 is 20.2 Å². The molecule has 2 aromatic heterocycles. The molecule has 29 heavy (non-hydrogen) atoms. The third-order valence-corrected chi connectivity index (χ3v) is 6.03. The third-order valence-electron chi connectivity index (χ3n) is 5.26. The largest absolute Gasteiger partial charge is 0.478 e. The molecule has 0 unspecified atom stereocenters. The van der Waals surface area contributed by atoms with Crippen LogP contribution in [0.5, 0.6) is 5.75 Å². The van der Waals surface area contributed by atoms with Crippen molar-refractivity contribution in [3.63, 3.8) is 0 Å². The Morgan fingerprint density at radius 1 is 1.24 bits per heavy atom. The van der Waals surface area contributed by atoms with Crippen molar-refractivity contribution >= 4 is 40.0 Å². The van der Waals surface area contributed by atoms with Gasteiger partial charge in [0.05, 0.1) is 16.3 Å². The molecule has 9 heteroatoms. The molecule has 1 saturated heterocycles. The van der Waals surface area contributed by atoms with Crippen LogP contribution in [0.25, 0.3) is 11.0 Å². The third kappa shape index (κ3) is 3.63. The highest BCUT2D eigenvalue weighted by Crippen LogP contribution is 2.42. The molecule has 0 radical (unpaired) electrons. The lowest BCUT2D eigenvalue weighted by Crippen LogP contribution is -2.26. The Morgan fingerprint density at radius 2 is 1.90 bits per heavy atom. The van der Waals surface area contributed by atoms with Crippen LogP contribution < -0.4 is 15.8 Å². The van der Waals surface area contributed by atoms with Gasteiger partial charge in [0.1, 0.15) is 17.7 Å². The zero-order valence-corrected chi connectivity index (χ0v) is 17.1. The van der Waals surface area contributed by atoms with E-state index in [1.807, 2.05) is 0 Å². The van der Waals surface area contributed by atoms with E-state index >= 15 is 0 Å². The summed E-state index contributed by atoms with van der Waals surface area (Å²) in [6.07, 6.45) is 4.42. The lowest BCUT2D eigenvalue weighted by Gasteiger charge is -2.22. The summed E-state index contributed by atoms with van der Waals surface area (Å²) in [5, 5.41) is 3.52. The van der Waals surface area contributed by atoms with E-state index in [1.165, 1.54) is 0 Å². The van der Waals surface area contributed by atoms with Gasteiger partial charge in [-0.3, -0.25) is 0 Å². The molecule has 1 aliphatic rings. The fraction of sp³-hybridized carbons (Fsp3) is 0.350. The monoisotopic (exact) mass is 441 g/mol. The van der Waals surface area contributed by atoms with Gasteiger partial charge in [0.2, 0.25) is 5.75 Å². The second kappa shape index (κ2) is 7.97. The predicted octanol–water partition coefficient (Wildman–Crippen LogP) is 5.60. The fourth-order valence-corrected chi connectivity index (χ4v) is 4.40. The zero-order chi connectivity index (χ0) is 20.7. The quantitative estimate of drug-likeness (QED) is 0.515. The van der Waals surface area contributed by atoms with Crippen molar-refractivity contribution in [1.29, 1.82) is 0 Å². The van der Waals surface area contributed by atoms with Crippen LogP contribution in [0.3, 0.4) is 0 Å². The highest BCUT2D eigenvalue weighted by Gasteiger charge is 2.26. The number of nitrogens with zero attached hydrogens (tertiary/aromatic N) is 1. The first-order chi connectivity index (χ1) is 13.9. The number of anilines is 1. The average Bonchev–Trinajstić information content (AvgIpc) is 3.14. The molecule has 1 aliphatic heterocycles. The Balaban J connectivity index is 1.73. The molecule has 1 atom stereocenters. The molecule has 0 saturated carbocycles. The maximum absolute atomic E-state index is 13.9. The summed E-state index contributed by atoms with van der Waals surface area (Å²) in [6, 6.07) is 0.634. The van der Waals surface area contributed by atoms with E-state index in [1.54, 1.807) is 19.4 Å². The van der Waals surface area contributed by atoms with Crippen molar-refractivity contribution in [2.24, 2.45) is 0 Å². The van der Waals surface area contributed by atoms with E-state index in [9.17, 15) is 8.78 Å². The SMILES string of the molecule is C[C@@H](Oc1c(N)ncc2c(C3CCNCC3)coc12)c1c(Cl)c(F)cc(F)c1Cl. The molecule has 1 aromatic carbocycles. The number of rotatable bonds is 4. The molecule has 3 aromatic rings. The Kier molecular flexibility index (Phi) is 5.55. The summed E-state index contributed by atoms with van der Waals surface area (Å²) in [4.78, 5) is 4.22. The van der Waals surface area contributed by atoms with Gasteiger partial charge in [0.15, 0.2) is 11.4 Å². The number of nitrogens with one attached hydrogen (secondary N) is 1. The van der Waals surface area contributed by atoms with Crippen molar-refractivity contribution in [1.82, 2.24) is 10.3 Å². The maximum Gasteiger partial charge on any atom is 0.205 e. The summed E-state index contributed by atoms with van der Waals surface area (Å²) in [6.45, 7) is 3.44. The molecule has 0 bridgehead atoms. The first-order valence-corrected chi connectivity index (χ1v) is 9.99. The van der Waals surface area contributed by atoms with E-state index in [0.29, 0.717) is 17.6 Å². The maximum atomic E-state index is 13.9. The number of piperidine rings is 1. The molecule has 0 spiro atoms. The highest BCUT2D eigenvalue weighted by molar-refractivity contribution is 6.36. The van der Waals surface area contributed by atoms with Crippen molar-refractivity contribution in [3.8, 4) is 5.75 Å². The molecule has 0 aliphatic carbocycles. The summed E-state index contributed by atoms with van der Waals surface area (Å²) >= 11 is 12.0. The van der Waals surface area contributed by atoms with Crippen LogP contribution in [0.1, 0.15) is 42.9 Å². The molecule has 3 N–H and O–H groups in total. The van der Waals surface area contributed by atoms with Crippen molar-refractivity contribution in [2.75, 3.05) is 18.8 Å². The number of ether oxygens (including phenoxy) is 1. The van der Waals surface area contributed by atoms with Gasteiger partial charge in [-0.05, 0) is 38.8 Å². The van der Waals surface area contributed by atoms with Crippen LogP contribution in [0.2, 0.25) is 10.0 Å². The van der Waals surface area contributed by atoms with E-state index in [2.05, 4.69) is 10.3 Å². The number of furan rings is 1. The van der Waals surface area contributed by atoms with Gasteiger partial charge in [-0.2, -0.15) is 0 Å². The summed E-state index contributed by atoms with van der Waals surface area (Å²) in [7, 11) is 0. The van der Waals surface area contributed by atoms with E-state index < -0.39 is 17.7 Å². The molecule has 3 heterocycles. The number of aromatic nitrogens is 1. The van der Waals surface area contributed by atoms with Crippen molar-refractivity contribution < 1.29 is 17.9 Å². The van der Waals surface area contributed by atoms with Gasteiger partial charge in [-0.15, -0.1) is 0 Å². The van der Waals surface area contributed by atoms with Gasteiger partial charge in [-0.1, -0.05) is 23.2 Å². The highest BCUT2D eigenvalue weighted by atomic mass is 35.5. The number of halogens is 4. The number of hydrogen-bond donors (Lipinski definition) is 2. The molecule has 4 rings (SSSR count). The zero-order valence-electron chi connectivity index (χ0n) is 15.6. The van der Waals surface area contributed by atoms with Crippen LogP contribution in [-0.4, -0.2) is 18.1 Å². The van der Waals surface area contributed by atoms with Gasteiger partial charge >= 0.3 is 0 Å². The number of hydrogen-bond acceptors (Lipinski definition) is 5. The Bertz CT molecular complexity index is 1040. The summed E-state index contributed by atoms with van der Waals surface area (Å²) in [5.74, 6) is -1.22. The van der Waals surface area contributed by atoms with Crippen LogP contribution in [0, 0.1) is 11.6 Å². The minimum absolute atomic E-state index is 0.00706.